The van der Waals surface area contributed by atoms with Crippen LogP contribution in [-0.4, -0.2) is 43.8 Å². The van der Waals surface area contributed by atoms with Gasteiger partial charge in [-0.25, -0.2) is 0 Å². The quantitative estimate of drug-likeness (QED) is 0.611. The average Bonchev–Trinajstić information content (AvgIpc) is 2.41. The van der Waals surface area contributed by atoms with E-state index in [0.29, 0.717) is 6.10 Å². The Kier molecular flexibility index (Phi) is 9.54. The number of hydrogen-bond donors (Lipinski definition) is 1. The standard InChI is InChI=1S/C15H32N2O/c1-2-13-18-15-9-8-12-17(14-15)11-7-5-3-4-6-10-16/h15H,2-14,16H2,1H3. The number of nitrogens with zero attached hydrogens (tertiary/aromatic N) is 1. The minimum absolute atomic E-state index is 0.496. The van der Waals surface area contributed by atoms with Gasteiger partial charge in [0.15, 0.2) is 0 Å². The predicted molar refractivity (Wildman–Crippen MR) is 77.8 cm³/mol. The zero-order valence-corrected chi connectivity index (χ0v) is 12.2. The van der Waals surface area contributed by atoms with Crippen LogP contribution in [0.4, 0.5) is 0 Å². The molecule has 1 unspecified atom stereocenters. The predicted octanol–water partition coefficient (Wildman–Crippen LogP) is 2.79. The molecule has 1 heterocycles. The smallest absolute Gasteiger partial charge is 0.0702 e. The first-order chi connectivity index (χ1) is 8.86. The van der Waals surface area contributed by atoms with Crippen LogP contribution in [0.25, 0.3) is 0 Å². The summed E-state index contributed by atoms with van der Waals surface area (Å²) in [6.45, 7) is 7.65. The molecule has 3 nitrogen and oxygen atoms in total. The van der Waals surface area contributed by atoms with E-state index in [9.17, 15) is 0 Å². The van der Waals surface area contributed by atoms with Crippen LogP contribution in [0.5, 0.6) is 0 Å². The molecule has 0 spiro atoms. The summed E-state index contributed by atoms with van der Waals surface area (Å²) < 4.78 is 5.87. The van der Waals surface area contributed by atoms with E-state index in [1.54, 1.807) is 0 Å². The van der Waals surface area contributed by atoms with Crippen LogP contribution in [0.3, 0.4) is 0 Å². The maximum absolute atomic E-state index is 5.87. The first-order valence-electron chi connectivity index (χ1n) is 7.90. The molecular formula is C15H32N2O. The molecule has 0 radical (unpaired) electrons. The van der Waals surface area contributed by atoms with E-state index >= 15 is 0 Å². The lowest BCUT2D eigenvalue weighted by atomic mass is 10.1. The van der Waals surface area contributed by atoms with Crippen LogP contribution >= 0.6 is 0 Å². The Morgan fingerprint density at radius 1 is 1.17 bits per heavy atom. The number of rotatable bonds is 10. The van der Waals surface area contributed by atoms with Crippen LogP contribution in [0.1, 0.15) is 58.3 Å². The minimum atomic E-state index is 0.496. The van der Waals surface area contributed by atoms with Crippen molar-refractivity contribution in [3.63, 3.8) is 0 Å². The first-order valence-corrected chi connectivity index (χ1v) is 7.90. The molecule has 1 aliphatic rings. The molecule has 2 N–H and O–H groups in total. The lowest BCUT2D eigenvalue weighted by Crippen LogP contribution is -2.40. The van der Waals surface area contributed by atoms with Gasteiger partial charge in [-0.15, -0.1) is 0 Å². The van der Waals surface area contributed by atoms with Crippen LogP contribution in [-0.2, 0) is 4.74 Å². The van der Waals surface area contributed by atoms with Gasteiger partial charge in [0.25, 0.3) is 0 Å². The second-order valence-electron chi connectivity index (χ2n) is 5.49. The Bertz CT molecular complexity index is 187. The minimum Gasteiger partial charge on any atom is -0.377 e. The Balaban J connectivity index is 2.00. The second kappa shape index (κ2) is 10.8. The van der Waals surface area contributed by atoms with E-state index in [2.05, 4.69) is 11.8 Å². The Morgan fingerprint density at radius 2 is 1.94 bits per heavy atom. The van der Waals surface area contributed by atoms with Gasteiger partial charge in [0.1, 0.15) is 0 Å². The van der Waals surface area contributed by atoms with E-state index in [0.717, 1.165) is 26.1 Å². The fourth-order valence-corrected chi connectivity index (χ4v) is 2.65. The van der Waals surface area contributed by atoms with Crippen LogP contribution in [0.2, 0.25) is 0 Å². The van der Waals surface area contributed by atoms with Crippen molar-refractivity contribution in [2.45, 2.75) is 64.4 Å². The van der Waals surface area contributed by atoms with Gasteiger partial charge in [-0.05, 0) is 51.7 Å². The molecule has 0 amide bonds. The Morgan fingerprint density at radius 3 is 2.72 bits per heavy atom. The molecule has 18 heavy (non-hydrogen) atoms. The highest BCUT2D eigenvalue weighted by atomic mass is 16.5. The summed E-state index contributed by atoms with van der Waals surface area (Å²) in [6.07, 6.45) is 10.7. The Labute approximate surface area is 113 Å². The van der Waals surface area contributed by atoms with Crippen molar-refractivity contribution in [1.29, 1.82) is 0 Å². The summed E-state index contributed by atoms with van der Waals surface area (Å²) in [5.74, 6) is 0. The molecule has 0 bridgehead atoms. The highest BCUT2D eigenvalue weighted by molar-refractivity contribution is 4.73. The fourth-order valence-electron chi connectivity index (χ4n) is 2.65. The lowest BCUT2D eigenvalue weighted by Gasteiger charge is -2.32. The van der Waals surface area contributed by atoms with Gasteiger partial charge in [-0.2, -0.15) is 0 Å². The molecule has 3 heteroatoms. The zero-order chi connectivity index (χ0) is 13.1. The lowest BCUT2D eigenvalue weighted by molar-refractivity contribution is -0.000362. The molecule has 1 aliphatic heterocycles. The summed E-state index contributed by atoms with van der Waals surface area (Å²) >= 11 is 0. The highest BCUT2D eigenvalue weighted by Gasteiger charge is 2.19. The van der Waals surface area contributed by atoms with Crippen molar-refractivity contribution in [3.05, 3.63) is 0 Å². The second-order valence-corrected chi connectivity index (χ2v) is 5.49. The molecule has 0 aromatic carbocycles. The Hall–Kier alpha value is -0.120. The maximum Gasteiger partial charge on any atom is 0.0702 e. The molecule has 1 saturated heterocycles. The largest absolute Gasteiger partial charge is 0.377 e. The van der Waals surface area contributed by atoms with Crippen molar-refractivity contribution in [2.75, 3.05) is 32.8 Å². The van der Waals surface area contributed by atoms with E-state index in [4.69, 9.17) is 10.5 Å². The number of unbranched alkanes of at least 4 members (excludes halogenated alkanes) is 4. The molecule has 1 rings (SSSR count). The summed E-state index contributed by atoms with van der Waals surface area (Å²) in [5.41, 5.74) is 5.49. The van der Waals surface area contributed by atoms with Crippen molar-refractivity contribution in [3.8, 4) is 0 Å². The zero-order valence-electron chi connectivity index (χ0n) is 12.2. The molecule has 0 aromatic heterocycles. The number of likely N-dealkylation sites (tertiary alicyclic amines) is 1. The van der Waals surface area contributed by atoms with Crippen molar-refractivity contribution < 1.29 is 4.74 Å². The fraction of sp³-hybridized carbons (Fsp3) is 1.00. The average molecular weight is 256 g/mol. The third kappa shape index (κ3) is 7.34. The normalized spacial score (nSPS) is 21.3. The topological polar surface area (TPSA) is 38.5 Å². The molecule has 1 fully saturated rings. The van der Waals surface area contributed by atoms with Crippen LogP contribution in [0.15, 0.2) is 0 Å². The number of ether oxygens (including phenoxy) is 1. The van der Waals surface area contributed by atoms with Gasteiger partial charge >= 0.3 is 0 Å². The van der Waals surface area contributed by atoms with E-state index in [1.165, 1.54) is 58.0 Å². The highest BCUT2D eigenvalue weighted by Crippen LogP contribution is 2.14. The van der Waals surface area contributed by atoms with E-state index in [-0.39, 0.29) is 0 Å². The summed E-state index contributed by atoms with van der Waals surface area (Å²) in [4.78, 5) is 2.59. The molecule has 1 atom stereocenters. The van der Waals surface area contributed by atoms with E-state index in [1.807, 2.05) is 0 Å². The van der Waals surface area contributed by atoms with Gasteiger partial charge in [0, 0.05) is 13.2 Å². The monoisotopic (exact) mass is 256 g/mol. The van der Waals surface area contributed by atoms with Gasteiger partial charge in [-0.3, -0.25) is 0 Å². The summed E-state index contributed by atoms with van der Waals surface area (Å²) in [6, 6.07) is 0. The van der Waals surface area contributed by atoms with Crippen molar-refractivity contribution >= 4 is 0 Å². The van der Waals surface area contributed by atoms with Crippen LogP contribution < -0.4 is 5.73 Å². The van der Waals surface area contributed by atoms with Gasteiger partial charge < -0.3 is 15.4 Å². The van der Waals surface area contributed by atoms with E-state index < -0.39 is 0 Å². The molecular weight excluding hydrogens is 224 g/mol. The number of hydrogen-bond acceptors (Lipinski definition) is 3. The summed E-state index contributed by atoms with van der Waals surface area (Å²) in [5, 5.41) is 0. The SMILES string of the molecule is CCCOC1CCCN(CCCCCCCN)C1. The molecule has 0 saturated carbocycles. The van der Waals surface area contributed by atoms with Gasteiger partial charge in [-0.1, -0.05) is 26.2 Å². The van der Waals surface area contributed by atoms with Crippen LogP contribution in [0, 0.1) is 0 Å². The van der Waals surface area contributed by atoms with Crippen molar-refractivity contribution in [2.24, 2.45) is 5.73 Å². The molecule has 0 aromatic rings. The van der Waals surface area contributed by atoms with Gasteiger partial charge in [0.2, 0.25) is 0 Å². The van der Waals surface area contributed by atoms with Crippen molar-refractivity contribution in [1.82, 2.24) is 4.90 Å². The molecule has 0 aliphatic carbocycles. The third-order valence-electron chi connectivity index (χ3n) is 3.70. The third-order valence-corrected chi connectivity index (χ3v) is 3.70. The number of piperidine rings is 1. The summed E-state index contributed by atoms with van der Waals surface area (Å²) in [7, 11) is 0. The van der Waals surface area contributed by atoms with Gasteiger partial charge in [0.05, 0.1) is 6.10 Å². The molecule has 108 valence electrons. The maximum atomic E-state index is 5.87. The number of nitrogens with two attached hydrogens (primary N) is 1. The first kappa shape index (κ1) is 15.9.